The Balaban J connectivity index is 2.10. The number of ether oxygens (including phenoxy) is 2. The van der Waals surface area contributed by atoms with Crippen LogP contribution < -0.4 is 9.47 Å². The fourth-order valence-corrected chi connectivity index (χ4v) is 4.34. The average Bonchev–Trinajstić information content (AvgIpc) is 3.11. The summed E-state index contributed by atoms with van der Waals surface area (Å²) in [7, 11) is 0. The van der Waals surface area contributed by atoms with Crippen LogP contribution in [0.25, 0.3) is 5.76 Å². The molecule has 8 nitrogen and oxygen atoms in total. The van der Waals surface area contributed by atoms with Crippen LogP contribution in [0.15, 0.2) is 48.0 Å². The second-order valence-corrected chi connectivity index (χ2v) is 8.87. The molecular weight excluding hydrogens is 460 g/mol. The lowest BCUT2D eigenvalue weighted by Crippen LogP contribution is -2.38. The van der Waals surface area contributed by atoms with Crippen molar-refractivity contribution in [2.24, 2.45) is 0 Å². The van der Waals surface area contributed by atoms with E-state index >= 15 is 0 Å². The number of likely N-dealkylation sites (tertiary alicyclic amines) is 1. The van der Waals surface area contributed by atoms with Crippen LogP contribution in [-0.2, 0) is 9.59 Å². The molecule has 8 heteroatoms. The molecule has 0 aromatic heterocycles. The molecule has 1 heterocycles. The number of nitrogens with zero attached hydrogens (tertiary/aromatic N) is 2. The van der Waals surface area contributed by atoms with E-state index in [0.717, 1.165) is 13.1 Å². The first-order valence-corrected chi connectivity index (χ1v) is 12.4. The first-order chi connectivity index (χ1) is 17.2. The van der Waals surface area contributed by atoms with Crippen LogP contribution in [0, 0.1) is 0 Å². The summed E-state index contributed by atoms with van der Waals surface area (Å²) in [6.07, 6.45) is -0.00499. The van der Waals surface area contributed by atoms with Crippen molar-refractivity contribution in [1.82, 2.24) is 9.80 Å². The third kappa shape index (κ3) is 5.82. The normalized spacial score (nSPS) is 17.3. The number of ketones is 1. The summed E-state index contributed by atoms with van der Waals surface area (Å²) in [6.45, 7) is 12.6. The van der Waals surface area contributed by atoms with Gasteiger partial charge in [0.1, 0.15) is 11.5 Å². The molecule has 0 spiro atoms. The number of carbonyl (C=O) groups is 2. The largest absolute Gasteiger partial charge is 0.507 e. The molecule has 3 rings (SSSR count). The topological polar surface area (TPSA) is 99.5 Å². The molecule has 1 atom stereocenters. The van der Waals surface area contributed by atoms with Gasteiger partial charge in [0.2, 0.25) is 0 Å². The molecule has 2 N–H and O–H groups in total. The maximum absolute atomic E-state index is 13.3. The highest BCUT2D eigenvalue weighted by atomic mass is 16.5. The van der Waals surface area contributed by atoms with Gasteiger partial charge < -0.3 is 29.5 Å². The standard InChI is InChI=1S/C28H36N2O6/c1-6-29(7-2)15-16-30-25(20-11-14-22(31)23(17-20)35-8-3)24(27(33)28(30)34)26(32)19-9-12-21(13-10-19)36-18(4)5/h9-14,17-18,25,31-32H,6-8,15-16H2,1-5H3/b26-24+/t25-/m1/s1. The number of likely N-dealkylation sites (N-methyl/N-ethyl adjacent to an activating group) is 1. The molecule has 0 saturated carbocycles. The zero-order valence-electron chi connectivity index (χ0n) is 21.7. The lowest BCUT2D eigenvalue weighted by atomic mass is 9.95. The van der Waals surface area contributed by atoms with Crippen molar-refractivity contribution >= 4 is 17.4 Å². The van der Waals surface area contributed by atoms with Gasteiger partial charge in [-0.25, -0.2) is 0 Å². The van der Waals surface area contributed by atoms with Crippen LogP contribution in [0.2, 0.25) is 0 Å². The van der Waals surface area contributed by atoms with E-state index < -0.39 is 17.7 Å². The minimum atomic E-state index is -0.827. The van der Waals surface area contributed by atoms with Crippen LogP contribution in [0.5, 0.6) is 17.2 Å². The average molecular weight is 497 g/mol. The van der Waals surface area contributed by atoms with E-state index in [1.807, 2.05) is 27.7 Å². The Morgan fingerprint density at radius 1 is 1.06 bits per heavy atom. The van der Waals surface area contributed by atoms with E-state index in [-0.39, 0.29) is 28.9 Å². The van der Waals surface area contributed by atoms with Gasteiger partial charge >= 0.3 is 0 Å². The number of carbonyl (C=O) groups excluding carboxylic acids is 2. The molecule has 0 radical (unpaired) electrons. The summed E-state index contributed by atoms with van der Waals surface area (Å²) in [4.78, 5) is 30.1. The SMILES string of the molecule is CCOc1cc([C@@H]2/C(=C(\O)c3ccc(OC(C)C)cc3)C(=O)C(=O)N2CCN(CC)CC)ccc1O. The quantitative estimate of drug-likeness (QED) is 0.271. The number of phenolic OH excluding ortho intramolecular Hbond substituents is 1. The molecule has 1 saturated heterocycles. The third-order valence-electron chi connectivity index (χ3n) is 6.19. The number of aliphatic hydroxyl groups excluding tert-OH is 1. The summed E-state index contributed by atoms with van der Waals surface area (Å²) < 4.78 is 11.2. The Hall–Kier alpha value is -3.52. The predicted molar refractivity (Wildman–Crippen MR) is 138 cm³/mol. The molecule has 2 aromatic rings. The van der Waals surface area contributed by atoms with E-state index in [9.17, 15) is 19.8 Å². The number of Topliss-reactive ketones (excluding diaryl/α,β-unsaturated/α-hetero) is 1. The molecule has 1 aliphatic heterocycles. The second kappa shape index (κ2) is 11.9. The van der Waals surface area contributed by atoms with E-state index in [1.54, 1.807) is 43.3 Å². The van der Waals surface area contributed by atoms with Crippen LogP contribution in [-0.4, -0.2) is 70.6 Å². The smallest absolute Gasteiger partial charge is 0.295 e. The van der Waals surface area contributed by atoms with Crippen LogP contribution in [0.3, 0.4) is 0 Å². The lowest BCUT2D eigenvalue weighted by molar-refractivity contribution is -0.140. The zero-order valence-corrected chi connectivity index (χ0v) is 21.7. The maximum Gasteiger partial charge on any atom is 0.295 e. The summed E-state index contributed by atoms with van der Waals surface area (Å²) >= 11 is 0. The molecule has 1 fully saturated rings. The van der Waals surface area contributed by atoms with Crippen molar-refractivity contribution in [3.05, 3.63) is 59.2 Å². The number of amides is 1. The monoisotopic (exact) mass is 496 g/mol. The lowest BCUT2D eigenvalue weighted by Gasteiger charge is -2.28. The Morgan fingerprint density at radius 3 is 2.31 bits per heavy atom. The minimum Gasteiger partial charge on any atom is -0.507 e. The van der Waals surface area contributed by atoms with Crippen molar-refractivity contribution in [3.8, 4) is 17.2 Å². The highest BCUT2D eigenvalue weighted by molar-refractivity contribution is 6.46. The Morgan fingerprint density at radius 2 is 1.72 bits per heavy atom. The summed E-state index contributed by atoms with van der Waals surface area (Å²) in [5, 5.41) is 21.5. The first kappa shape index (κ1) is 27.1. The number of aromatic hydroxyl groups is 1. The fourth-order valence-electron chi connectivity index (χ4n) is 4.34. The van der Waals surface area contributed by atoms with Gasteiger partial charge in [0.05, 0.1) is 24.3 Å². The van der Waals surface area contributed by atoms with Gasteiger partial charge in [-0.1, -0.05) is 19.9 Å². The van der Waals surface area contributed by atoms with Crippen LogP contribution >= 0.6 is 0 Å². The minimum absolute atomic E-state index is 0.00483. The first-order valence-electron chi connectivity index (χ1n) is 12.4. The number of phenols is 1. The van der Waals surface area contributed by atoms with Crippen LogP contribution in [0.4, 0.5) is 0 Å². The van der Waals surface area contributed by atoms with Gasteiger partial charge in [0.15, 0.2) is 11.5 Å². The number of hydrogen-bond donors (Lipinski definition) is 2. The molecule has 2 aromatic carbocycles. The van der Waals surface area contributed by atoms with Gasteiger partial charge in [-0.2, -0.15) is 0 Å². The summed E-state index contributed by atoms with van der Waals surface area (Å²) in [5.74, 6) is -0.825. The van der Waals surface area contributed by atoms with Gasteiger partial charge in [-0.15, -0.1) is 0 Å². The highest BCUT2D eigenvalue weighted by Gasteiger charge is 2.46. The maximum atomic E-state index is 13.3. The van der Waals surface area contributed by atoms with E-state index in [1.165, 1.54) is 11.0 Å². The van der Waals surface area contributed by atoms with Crippen molar-refractivity contribution in [2.75, 3.05) is 32.8 Å². The molecule has 1 aliphatic rings. The Kier molecular flexibility index (Phi) is 8.98. The van der Waals surface area contributed by atoms with E-state index in [2.05, 4.69) is 4.90 Å². The third-order valence-corrected chi connectivity index (χ3v) is 6.19. The predicted octanol–water partition coefficient (Wildman–Crippen LogP) is 4.34. The van der Waals surface area contributed by atoms with Crippen LogP contribution in [0.1, 0.15) is 51.8 Å². The molecule has 0 aliphatic carbocycles. The van der Waals surface area contributed by atoms with Crippen molar-refractivity contribution in [1.29, 1.82) is 0 Å². The van der Waals surface area contributed by atoms with Crippen molar-refractivity contribution in [3.63, 3.8) is 0 Å². The number of aliphatic hydroxyl groups is 1. The van der Waals surface area contributed by atoms with Gasteiger partial charge in [-0.3, -0.25) is 9.59 Å². The highest BCUT2D eigenvalue weighted by Crippen LogP contribution is 2.41. The van der Waals surface area contributed by atoms with Crippen molar-refractivity contribution < 1.29 is 29.3 Å². The van der Waals surface area contributed by atoms with Gasteiger partial charge in [0.25, 0.3) is 11.7 Å². The number of rotatable bonds is 11. The van der Waals surface area contributed by atoms with Gasteiger partial charge in [-0.05, 0) is 75.8 Å². The number of hydrogen-bond acceptors (Lipinski definition) is 7. The summed E-state index contributed by atoms with van der Waals surface area (Å²) in [5.41, 5.74) is 0.975. The molecule has 0 bridgehead atoms. The molecule has 194 valence electrons. The molecular formula is C28H36N2O6. The van der Waals surface area contributed by atoms with E-state index in [0.29, 0.717) is 36.6 Å². The second-order valence-electron chi connectivity index (χ2n) is 8.87. The Bertz CT molecular complexity index is 1110. The Labute approximate surface area is 212 Å². The molecule has 36 heavy (non-hydrogen) atoms. The van der Waals surface area contributed by atoms with Crippen molar-refractivity contribution in [2.45, 2.75) is 46.8 Å². The summed E-state index contributed by atoms with van der Waals surface area (Å²) in [6, 6.07) is 10.7. The molecule has 0 unspecified atom stereocenters. The van der Waals surface area contributed by atoms with Gasteiger partial charge in [0, 0.05) is 18.7 Å². The number of benzene rings is 2. The molecule has 1 amide bonds. The zero-order chi connectivity index (χ0) is 26.4. The fraction of sp³-hybridized carbons (Fsp3) is 0.429. The van der Waals surface area contributed by atoms with E-state index in [4.69, 9.17) is 9.47 Å².